The molecule has 0 saturated heterocycles. The summed E-state index contributed by atoms with van der Waals surface area (Å²) in [5, 5.41) is 6.14. The molecule has 0 radical (unpaired) electrons. The highest BCUT2D eigenvalue weighted by molar-refractivity contribution is 5.70. The summed E-state index contributed by atoms with van der Waals surface area (Å²) in [5.41, 5.74) is -0.260. The van der Waals surface area contributed by atoms with E-state index in [1.165, 1.54) is 31.4 Å². The number of alkyl halides is 3. The average molecular weight is 391 g/mol. The van der Waals surface area contributed by atoms with Crippen molar-refractivity contribution in [2.24, 2.45) is 0 Å². The molecule has 0 unspecified atom stereocenters. The van der Waals surface area contributed by atoms with E-state index in [9.17, 15) is 18.0 Å². The molecule has 1 aromatic heterocycles. The molecule has 0 spiro atoms. The van der Waals surface area contributed by atoms with E-state index >= 15 is 0 Å². The first-order chi connectivity index (χ1) is 13.4. The number of halogens is 3. The minimum absolute atomic E-state index is 0.119. The van der Waals surface area contributed by atoms with Crippen molar-refractivity contribution in [3.63, 3.8) is 0 Å². The van der Waals surface area contributed by atoms with Crippen LogP contribution in [-0.2, 0) is 12.7 Å². The maximum atomic E-state index is 13.6. The first kappa shape index (κ1) is 19.3. The summed E-state index contributed by atoms with van der Waals surface area (Å²) in [6, 6.07) is 14.7. The molecule has 0 atom stereocenters. The molecule has 0 saturated carbocycles. The first-order valence-electron chi connectivity index (χ1n) is 8.17. The van der Waals surface area contributed by atoms with Gasteiger partial charge in [-0.25, -0.2) is 9.48 Å². The molecule has 146 valence electrons. The Kier molecular flexibility index (Phi) is 5.53. The normalized spacial score (nSPS) is 11.1. The van der Waals surface area contributed by atoms with Gasteiger partial charge in [0.2, 0.25) is 0 Å². The van der Waals surface area contributed by atoms with Crippen molar-refractivity contribution in [3.8, 4) is 17.2 Å². The number of carbonyl (C=O) groups excluding carboxylic acids is 1. The van der Waals surface area contributed by atoms with Gasteiger partial charge in [0, 0.05) is 6.54 Å². The molecule has 3 aromatic rings. The number of benzene rings is 2. The summed E-state index contributed by atoms with van der Waals surface area (Å²) >= 11 is 0. The maximum absolute atomic E-state index is 13.6. The van der Waals surface area contributed by atoms with Crippen LogP contribution in [0, 0.1) is 0 Å². The summed E-state index contributed by atoms with van der Waals surface area (Å²) in [5.74, 6) is -0.199. The minimum Gasteiger partial charge on any atom is -0.497 e. The smallest absolute Gasteiger partial charge is 0.437 e. The van der Waals surface area contributed by atoms with Crippen molar-refractivity contribution in [3.05, 3.63) is 72.1 Å². The summed E-state index contributed by atoms with van der Waals surface area (Å²) in [6.07, 6.45) is -4.94. The largest absolute Gasteiger partial charge is 0.497 e. The lowest BCUT2D eigenvalue weighted by Gasteiger charge is -2.13. The lowest BCUT2D eigenvalue weighted by Crippen LogP contribution is -2.27. The van der Waals surface area contributed by atoms with Gasteiger partial charge in [-0.05, 0) is 29.8 Å². The van der Waals surface area contributed by atoms with Crippen LogP contribution in [0.5, 0.6) is 11.5 Å². The second-order valence-electron chi connectivity index (χ2n) is 5.69. The highest BCUT2D eigenvalue weighted by atomic mass is 19.4. The summed E-state index contributed by atoms with van der Waals surface area (Å²) < 4.78 is 51.3. The molecule has 0 bridgehead atoms. The van der Waals surface area contributed by atoms with Gasteiger partial charge in [-0.1, -0.05) is 30.3 Å². The van der Waals surface area contributed by atoms with Crippen LogP contribution >= 0.6 is 0 Å². The van der Waals surface area contributed by atoms with Crippen LogP contribution in [-0.4, -0.2) is 23.0 Å². The number of hydrogen-bond acceptors (Lipinski definition) is 4. The molecular weight excluding hydrogens is 375 g/mol. The molecule has 28 heavy (non-hydrogen) atoms. The molecule has 1 amide bonds. The molecule has 6 nitrogen and oxygen atoms in total. The number of ether oxygens (including phenoxy) is 2. The third-order valence-electron chi connectivity index (χ3n) is 3.80. The zero-order chi connectivity index (χ0) is 20.1. The Morgan fingerprint density at radius 1 is 1.11 bits per heavy atom. The lowest BCUT2D eigenvalue weighted by molar-refractivity contribution is -0.143. The van der Waals surface area contributed by atoms with Crippen molar-refractivity contribution in [2.75, 3.05) is 7.11 Å². The molecule has 0 aliphatic carbocycles. The highest BCUT2D eigenvalue weighted by Crippen LogP contribution is 2.37. The fourth-order valence-electron chi connectivity index (χ4n) is 2.49. The molecule has 0 aliphatic rings. The Morgan fingerprint density at radius 2 is 1.79 bits per heavy atom. The summed E-state index contributed by atoms with van der Waals surface area (Å²) in [7, 11) is 1.45. The summed E-state index contributed by atoms with van der Waals surface area (Å²) in [6.45, 7) is 0.119. The van der Waals surface area contributed by atoms with Gasteiger partial charge in [0.1, 0.15) is 5.75 Å². The number of hydrogen-bond donors (Lipinski definition) is 1. The monoisotopic (exact) mass is 391 g/mol. The van der Waals surface area contributed by atoms with Crippen molar-refractivity contribution in [1.82, 2.24) is 15.1 Å². The number of rotatable bonds is 5. The maximum Gasteiger partial charge on any atom is 0.437 e. The summed E-state index contributed by atoms with van der Waals surface area (Å²) in [4.78, 5) is 11.9. The van der Waals surface area contributed by atoms with Crippen molar-refractivity contribution < 1.29 is 27.4 Å². The van der Waals surface area contributed by atoms with Gasteiger partial charge in [0.25, 0.3) is 0 Å². The lowest BCUT2D eigenvalue weighted by atomic mass is 10.2. The number of aromatic nitrogens is 2. The molecule has 1 N–H and O–H groups in total. The predicted molar refractivity (Wildman–Crippen MR) is 94.4 cm³/mol. The number of carbonyl (C=O) groups is 1. The van der Waals surface area contributed by atoms with E-state index < -0.39 is 23.7 Å². The van der Waals surface area contributed by atoms with Gasteiger partial charge < -0.3 is 14.8 Å². The molecule has 3 rings (SSSR count). The Morgan fingerprint density at radius 3 is 2.39 bits per heavy atom. The van der Waals surface area contributed by atoms with Crippen molar-refractivity contribution >= 4 is 6.09 Å². The standard InChI is InChI=1S/C19H16F3N3O3/c1-27-15-9-7-14(8-10-15)25-17(19(20,21)22)16(12-24-25)28-18(26)23-11-13-5-3-2-4-6-13/h2-10,12H,11H2,1H3,(H,23,26). The van der Waals surface area contributed by atoms with Crippen LogP contribution < -0.4 is 14.8 Å². The van der Waals surface area contributed by atoms with Crippen LogP contribution in [0.25, 0.3) is 5.69 Å². The van der Waals surface area contributed by atoms with Gasteiger partial charge in [-0.15, -0.1) is 0 Å². The van der Waals surface area contributed by atoms with E-state index in [2.05, 4.69) is 10.4 Å². The third-order valence-corrected chi connectivity index (χ3v) is 3.80. The van der Waals surface area contributed by atoms with E-state index in [1.54, 1.807) is 24.3 Å². The molecular formula is C19H16F3N3O3. The first-order valence-corrected chi connectivity index (χ1v) is 8.17. The van der Waals surface area contributed by atoms with Crippen molar-refractivity contribution in [2.45, 2.75) is 12.7 Å². The number of amides is 1. The van der Waals surface area contributed by atoms with Gasteiger partial charge >= 0.3 is 12.3 Å². The Balaban J connectivity index is 1.81. The van der Waals surface area contributed by atoms with Crippen LogP contribution in [0.3, 0.4) is 0 Å². The quantitative estimate of drug-likeness (QED) is 0.708. The van der Waals surface area contributed by atoms with Crippen molar-refractivity contribution in [1.29, 1.82) is 0 Å². The van der Waals surface area contributed by atoms with Crippen LogP contribution in [0.15, 0.2) is 60.8 Å². The van der Waals surface area contributed by atoms with E-state index in [0.29, 0.717) is 10.4 Å². The Bertz CT molecular complexity index is 939. The van der Waals surface area contributed by atoms with Gasteiger partial charge in [-0.3, -0.25) is 0 Å². The number of methoxy groups -OCH3 is 1. The molecule has 1 heterocycles. The topological polar surface area (TPSA) is 65.4 Å². The second kappa shape index (κ2) is 8.03. The SMILES string of the molecule is COc1ccc(-n2ncc(OC(=O)NCc3ccccc3)c2C(F)(F)F)cc1. The average Bonchev–Trinajstić information content (AvgIpc) is 3.11. The van der Waals surface area contributed by atoms with E-state index in [0.717, 1.165) is 11.8 Å². The minimum atomic E-state index is -4.79. The van der Waals surface area contributed by atoms with Crippen LogP contribution in [0.2, 0.25) is 0 Å². The molecule has 0 aliphatic heterocycles. The molecule has 2 aromatic carbocycles. The fourth-order valence-corrected chi connectivity index (χ4v) is 2.49. The third kappa shape index (κ3) is 4.43. The van der Waals surface area contributed by atoms with Gasteiger partial charge in [0.05, 0.1) is 19.0 Å². The van der Waals surface area contributed by atoms with Gasteiger partial charge in [-0.2, -0.15) is 18.3 Å². The number of nitrogens with zero attached hydrogens (tertiary/aromatic N) is 2. The fraction of sp³-hybridized carbons (Fsp3) is 0.158. The van der Waals surface area contributed by atoms with Crippen LogP contribution in [0.4, 0.5) is 18.0 Å². The second-order valence-corrected chi connectivity index (χ2v) is 5.69. The van der Waals surface area contributed by atoms with E-state index in [4.69, 9.17) is 9.47 Å². The molecule has 0 fully saturated rings. The molecule has 9 heteroatoms. The number of nitrogens with one attached hydrogen (secondary N) is 1. The van der Waals surface area contributed by atoms with E-state index in [1.807, 2.05) is 6.07 Å². The Labute approximate surface area is 158 Å². The van der Waals surface area contributed by atoms with E-state index in [-0.39, 0.29) is 12.2 Å². The zero-order valence-electron chi connectivity index (χ0n) is 14.7. The van der Waals surface area contributed by atoms with Crippen LogP contribution in [0.1, 0.15) is 11.3 Å². The zero-order valence-corrected chi connectivity index (χ0v) is 14.7. The Hall–Kier alpha value is -3.49. The van der Waals surface area contributed by atoms with Gasteiger partial charge in [0.15, 0.2) is 11.4 Å². The predicted octanol–water partition coefficient (Wildman–Crippen LogP) is 4.19. The highest BCUT2D eigenvalue weighted by Gasteiger charge is 2.40.